The van der Waals surface area contributed by atoms with Crippen molar-refractivity contribution in [1.29, 1.82) is 0 Å². The molecular formula is C14H22N4. The molecule has 0 atom stereocenters. The van der Waals surface area contributed by atoms with Gasteiger partial charge in [-0.05, 0) is 31.9 Å². The monoisotopic (exact) mass is 246 g/mol. The van der Waals surface area contributed by atoms with Gasteiger partial charge >= 0.3 is 0 Å². The molecule has 1 aromatic carbocycles. The zero-order valence-corrected chi connectivity index (χ0v) is 10.9. The van der Waals surface area contributed by atoms with Gasteiger partial charge in [-0.25, -0.2) is 10.8 Å². The van der Waals surface area contributed by atoms with Crippen molar-refractivity contribution in [3.8, 4) is 0 Å². The fourth-order valence-electron chi connectivity index (χ4n) is 2.45. The number of hydrazine groups is 1. The maximum atomic E-state index is 5.55. The average molecular weight is 246 g/mol. The first-order valence-electron chi connectivity index (χ1n) is 6.60. The molecule has 0 heterocycles. The Balaban J connectivity index is 2.07. The predicted octanol–water partition coefficient (Wildman–Crippen LogP) is 2.64. The summed E-state index contributed by atoms with van der Waals surface area (Å²) in [6.07, 6.45) is 6.10. The summed E-state index contributed by atoms with van der Waals surface area (Å²) in [4.78, 5) is 4.75. The van der Waals surface area contributed by atoms with Crippen LogP contribution in [-0.2, 0) is 0 Å². The molecule has 2 rings (SSSR count). The lowest BCUT2D eigenvalue weighted by Gasteiger charge is -2.30. The first kappa shape index (κ1) is 12.9. The van der Waals surface area contributed by atoms with Gasteiger partial charge in [0, 0.05) is 5.69 Å². The van der Waals surface area contributed by atoms with Crippen molar-refractivity contribution in [2.24, 2.45) is 10.8 Å². The normalized spacial score (nSPS) is 19.3. The molecule has 98 valence electrons. The minimum absolute atomic E-state index is 0.0156. The molecule has 0 unspecified atom stereocenters. The van der Waals surface area contributed by atoms with Crippen molar-refractivity contribution in [1.82, 2.24) is 5.43 Å². The van der Waals surface area contributed by atoms with E-state index < -0.39 is 0 Å². The van der Waals surface area contributed by atoms with E-state index >= 15 is 0 Å². The summed E-state index contributed by atoms with van der Waals surface area (Å²) < 4.78 is 0. The molecule has 1 saturated carbocycles. The lowest BCUT2D eigenvalue weighted by molar-refractivity contribution is 0.324. The Morgan fingerprint density at radius 1 is 1.17 bits per heavy atom. The molecule has 0 saturated heterocycles. The number of nitrogens with zero attached hydrogens (tertiary/aromatic N) is 1. The van der Waals surface area contributed by atoms with Crippen molar-refractivity contribution in [2.75, 3.05) is 5.32 Å². The van der Waals surface area contributed by atoms with Gasteiger partial charge in [0.2, 0.25) is 5.96 Å². The van der Waals surface area contributed by atoms with Crippen molar-refractivity contribution in [3.63, 3.8) is 0 Å². The van der Waals surface area contributed by atoms with Gasteiger partial charge in [0.1, 0.15) is 0 Å². The highest BCUT2D eigenvalue weighted by atomic mass is 15.3. The van der Waals surface area contributed by atoms with Gasteiger partial charge in [0.25, 0.3) is 0 Å². The highest BCUT2D eigenvalue weighted by Gasteiger charge is 2.26. The number of hydrogen-bond acceptors (Lipinski definition) is 2. The van der Waals surface area contributed by atoms with E-state index in [0.29, 0.717) is 5.96 Å². The van der Waals surface area contributed by atoms with Crippen molar-refractivity contribution in [3.05, 3.63) is 30.3 Å². The van der Waals surface area contributed by atoms with E-state index in [-0.39, 0.29) is 5.54 Å². The third-order valence-corrected chi connectivity index (χ3v) is 3.49. The van der Waals surface area contributed by atoms with Crippen LogP contribution in [0.3, 0.4) is 0 Å². The Hall–Kier alpha value is -1.55. The van der Waals surface area contributed by atoms with Gasteiger partial charge < -0.3 is 5.32 Å². The zero-order valence-electron chi connectivity index (χ0n) is 10.9. The van der Waals surface area contributed by atoms with E-state index in [1.54, 1.807) is 0 Å². The molecule has 4 heteroatoms. The summed E-state index contributed by atoms with van der Waals surface area (Å²) in [7, 11) is 0. The van der Waals surface area contributed by atoms with Crippen LogP contribution >= 0.6 is 0 Å². The van der Waals surface area contributed by atoms with E-state index in [1.807, 2.05) is 30.3 Å². The van der Waals surface area contributed by atoms with Crippen molar-refractivity contribution >= 4 is 11.6 Å². The Morgan fingerprint density at radius 2 is 1.83 bits per heavy atom. The first-order chi connectivity index (χ1) is 8.72. The van der Waals surface area contributed by atoms with E-state index in [4.69, 9.17) is 10.8 Å². The van der Waals surface area contributed by atoms with Crippen LogP contribution in [0, 0.1) is 0 Å². The van der Waals surface area contributed by atoms with Crippen LogP contribution < -0.4 is 16.6 Å². The molecule has 0 bridgehead atoms. The molecule has 1 aliphatic carbocycles. The Morgan fingerprint density at radius 3 is 2.44 bits per heavy atom. The number of nitrogens with one attached hydrogen (secondary N) is 2. The van der Waals surface area contributed by atoms with E-state index in [0.717, 1.165) is 18.5 Å². The average Bonchev–Trinajstić information content (AvgIpc) is 2.40. The summed E-state index contributed by atoms with van der Waals surface area (Å²) in [5.41, 5.74) is 3.67. The van der Waals surface area contributed by atoms with Crippen LogP contribution in [0.1, 0.15) is 39.0 Å². The second-order valence-electron chi connectivity index (χ2n) is 5.15. The van der Waals surface area contributed by atoms with Gasteiger partial charge in [-0.2, -0.15) is 0 Å². The van der Waals surface area contributed by atoms with E-state index in [9.17, 15) is 0 Å². The number of hydrogen-bond donors (Lipinski definition) is 3. The molecule has 1 aromatic rings. The standard InChI is InChI=1S/C14H22N4/c1-14(10-6-3-7-11-14)17-13(18-15)16-12-8-4-2-5-9-12/h2,4-5,8-9H,3,6-7,10-11,15H2,1H3,(H2,16,17,18). The molecule has 0 aliphatic heterocycles. The number of guanidine groups is 1. The second-order valence-corrected chi connectivity index (χ2v) is 5.15. The smallest absolute Gasteiger partial charge is 0.210 e. The fourth-order valence-corrected chi connectivity index (χ4v) is 2.45. The van der Waals surface area contributed by atoms with Gasteiger partial charge in [-0.1, -0.05) is 37.5 Å². The highest BCUT2D eigenvalue weighted by Crippen LogP contribution is 2.31. The molecule has 4 nitrogen and oxygen atoms in total. The van der Waals surface area contributed by atoms with E-state index in [1.165, 1.54) is 19.3 Å². The predicted molar refractivity (Wildman–Crippen MR) is 76.3 cm³/mol. The molecule has 1 aliphatic rings. The van der Waals surface area contributed by atoms with Crippen molar-refractivity contribution in [2.45, 2.75) is 44.6 Å². The zero-order chi connectivity index (χ0) is 12.8. The Labute approximate surface area is 109 Å². The Bertz CT molecular complexity index is 394. The van der Waals surface area contributed by atoms with Crippen LogP contribution in [0.5, 0.6) is 0 Å². The lowest BCUT2D eigenvalue weighted by atomic mass is 9.84. The summed E-state index contributed by atoms with van der Waals surface area (Å²) in [5.74, 6) is 6.20. The summed E-state index contributed by atoms with van der Waals surface area (Å²) in [6, 6.07) is 9.95. The summed E-state index contributed by atoms with van der Waals surface area (Å²) >= 11 is 0. The minimum Gasteiger partial charge on any atom is -0.325 e. The first-order valence-corrected chi connectivity index (χ1v) is 6.60. The number of rotatable bonds is 2. The van der Waals surface area contributed by atoms with Crippen LogP contribution in [0.15, 0.2) is 35.3 Å². The molecule has 0 radical (unpaired) electrons. The van der Waals surface area contributed by atoms with Gasteiger partial charge in [0.05, 0.1) is 5.54 Å². The van der Waals surface area contributed by atoms with Crippen LogP contribution in [0.4, 0.5) is 5.69 Å². The van der Waals surface area contributed by atoms with E-state index in [2.05, 4.69) is 17.7 Å². The molecule has 18 heavy (non-hydrogen) atoms. The van der Waals surface area contributed by atoms with Crippen LogP contribution in [0.2, 0.25) is 0 Å². The molecule has 4 N–H and O–H groups in total. The SMILES string of the molecule is CC1(N=C(NN)Nc2ccccc2)CCCCC1. The quantitative estimate of drug-likeness (QED) is 0.325. The number of para-hydroxylation sites is 1. The molecule has 0 aromatic heterocycles. The number of anilines is 1. The van der Waals surface area contributed by atoms with Crippen LogP contribution in [-0.4, -0.2) is 11.5 Å². The van der Waals surface area contributed by atoms with Gasteiger partial charge in [0.15, 0.2) is 0 Å². The number of nitrogens with two attached hydrogens (primary N) is 1. The fraction of sp³-hybridized carbons (Fsp3) is 0.500. The van der Waals surface area contributed by atoms with Gasteiger partial charge in [-0.15, -0.1) is 0 Å². The maximum absolute atomic E-state index is 5.55. The molecule has 1 fully saturated rings. The number of aliphatic imine (C=N–C) groups is 1. The van der Waals surface area contributed by atoms with Gasteiger partial charge in [-0.3, -0.25) is 5.43 Å². The molecule has 0 amide bonds. The summed E-state index contributed by atoms with van der Waals surface area (Å²) in [6.45, 7) is 2.20. The van der Waals surface area contributed by atoms with Crippen LogP contribution in [0.25, 0.3) is 0 Å². The number of benzene rings is 1. The summed E-state index contributed by atoms with van der Waals surface area (Å²) in [5, 5.41) is 3.22. The lowest BCUT2D eigenvalue weighted by Crippen LogP contribution is -2.40. The highest BCUT2D eigenvalue weighted by molar-refractivity contribution is 5.93. The third kappa shape index (κ3) is 3.47. The topological polar surface area (TPSA) is 62.4 Å². The largest absolute Gasteiger partial charge is 0.325 e. The minimum atomic E-state index is 0.0156. The maximum Gasteiger partial charge on any atom is 0.210 e. The second kappa shape index (κ2) is 5.87. The third-order valence-electron chi connectivity index (χ3n) is 3.49. The molecular weight excluding hydrogens is 224 g/mol. The Kier molecular flexibility index (Phi) is 4.20. The van der Waals surface area contributed by atoms with Crippen molar-refractivity contribution < 1.29 is 0 Å². The molecule has 0 spiro atoms.